The van der Waals surface area contributed by atoms with Crippen molar-refractivity contribution in [3.05, 3.63) is 138 Å². The molecule has 0 radical (unpaired) electrons. The number of pyridine rings is 1. The molecule has 5 aromatic carbocycles. The Hall–Kier alpha value is -5.35. The second kappa shape index (κ2) is 18.9. The molecule has 8 rings (SSSR count). The maximum Gasteiger partial charge on any atom is 0.261 e. The average Bonchev–Trinajstić information content (AvgIpc) is 3.55. The number of unbranched alkanes of at least 4 members (excludes halogenated alkanes) is 11. The number of benzene rings is 5. The van der Waals surface area contributed by atoms with Gasteiger partial charge in [-0.25, -0.2) is 0 Å². The Balaban J connectivity index is 1.22. The Labute approximate surface area is 358 Å². The van der Waals surface area contributed by atoms with Crippen LogP contribution in [0.2, 0.25) is 0 Å². The van der Waals surface area contributed by atoms with Crippen LogP contribution in [0.25, 0.3) is 55.4 Å². The van der Waals surface area contributed by atoms with E-state index >= 15 is 0 Å². The fourth-order valence-electron chi connectivity index (χ4n) is 10.2. The largest absolute Gasteiger partial charge is 0.274 e. The van der Waals surface area contributed by atoms with Crippen LogP contribution in [0.5, 0.6) is 0 Å². The van der Waals surface area contributed by atoms with E-state index in [1.54, 1.807) is 0 Å². The van der Waals surface area contributed by atoms with Crippen LogP contribution in [0.4, 0.5) is 0 Å². The van der Waals surface area contributed by atoms with Crippen LogP contribution in [-0.2, 0) is 5.41 Å². The molecule has 1 aliphatic carbocycles. The summed E-state index contributed by atoms with van der Waals surface area (Å²) >= 11 is 0. The highest BCUT2D eigenvalue weighted by molar-refractivity contribution is 6.27. The van der Waals surface area contributed by atoms with E-state index in [2.05, 4.69) is 105 Å². The Kier molecular flexibility index (Phi) is 13.1. The third-order valence-electron chi connectivity index (χ3n) is 13.5. The molecule has 2 aliphatic rings. The third kappa shape index (κ3) is 8.10. The monoisotopic (exact) mass is 794 g/mol. The molecular weight excluding hydrogens is 733 g/mol. The maximum atomic E-state index is 13.8. The third-order valence-corrected chi connectivity index (χ3v) is 13.5. The van der Waals surface area contributed by atoms with Gasteiger partial charge in [0.1, 0.15) is 0 Å². The molecule has 0 fully saturated rings. The van der Waals surface area contributed by atoms with Crippen molar-refractivity contribution in [3.8, 4) is 44.6 Å². The Bertz CT molecular complexity index is 2410. The van der Waals surface area contributed by atoms with E-state index in [4.69, 9.17) is 0 Å². The molecule has 60 heavy (non-hydrogen) atoms. The maximum absolute atomic E-state index is 13.8. The summed E-state index contributed by atoms with van der Waals surface area (Å²) in [4.78, 5) is 33.7. The van der Waals surface area contributed by atoms with Gasteiger partial charge in [0.2, 0.25) is 0 Å². The van der Waals surface area contributed by atoms with E-state index in [1.165, 1.54) is 115 Å². The zero-order valence-corrected chi connectivity index (χ0v) is 36.2. The number of imide groups is 1. The standard InChI is InChI=1S/C56H62N2O2/c1-4-7-10-12-14-17-34-56(35-18-15-13-11-8-5-2)50-38-42(40-24-26-41(27-25-40)52-23-16-19-36-57-52)28-30-45(50)46-31-29-43(39-51(46)56)44-32-33-49-53-47(44)21-20-22-48(53)54(59)58(55(49)60)37-9-6-3/h16,19-33,36,38-39H,4-15,17-18,34-35,37H2,1-3H3. The lowest BCUT2D eigenvalue weighted by atomic mass is 9.70. The molecule has 6 aromatic rings. The predicted octanol–water partition coefficient (Wildman–Crippen LogP) is 15.4. The normalized spacial score (nSPS) is 13.9. The minimum Gasteiger partial charge on any atom is -0.274 e. The molecule has 0 atom stereocenters. The van der Waals surface area contributed by atoms with Gasteiger partial charge in [0.15, 0.2) is 0 Å². The number of hydrogen-bond donors (Lipinski definition) is 0. The van der Waals surface area contributed by atoms with Crippen LogP contribution < -0.4 is 0 Å². The van der Waals surface area contributed by atoms with Crippen LogP contribution in [0, 0.1) is 0 Å². The van der Waals surface area contributed by atoms with Crippen LogP contribution in [0.3, 0.4) is 0 Å². The second-order valence-electron chi connectivity index (χ2n) is 17.4. The number of rotatable bonds is 20. The lowest BCUT2D eigenvalue weighted by Gasteiger charge is -2.33. The van der Waals surface area contributed by atoms with Gasteiger partial charge in [0.25, 0.3) is 11.8 Å². The van der Waals surface area contributed by atoms with Crippen LogP contribution in [0.1, 0.15) is 155 Å². The van der Waals surface area contributed by atoms with Gasteiger partial charge in [0, 0.05) is 40.2 Å². The van der Waals surface area contributed by atoms with Crippen molar-refractivity contribution in [2.45, 2.75) is 129 Å². The van der Waals surface area contributed by atoms with Gasteiger partial charge in [-0.3, -0.25) is 19.5 Å². The van der Waals surface area contributed by atoms with Gasteiger partial charge in [0.05, 0.1) is 5.69 Å². The number of aromatic nitrogens is 1. The van der Waals surface area contributed by atoms with E-state index in [-0.39, 0.29) is 17.2 Å². The summed E-state index contributed by atoms with van der Waals surface area (Å²) in [5.41, 5.74) is 13.6. The van der Waals surface area contributed by atoms with E-state index < -0.39 is 0 Å². The summed E-state index contributed by atoms with van der Waals surface area (Å²) in [6, 6.07) is 39.5. The number of fused-ring (bicyclic) bond motifs is 3. The molecule has 0 bridgehead atoms. The van der Waals surface area contributed by atoms with Crippen molar-refractivity contribution in [1.29, 1.82) is 0 Å². The zero-order chi connectivity index (χ0) is 41.5. The Morgan fingerprint density at radius 1 is 0.467 bits per heavy atom. The van der Waals surface area contributed by atoms with Gasteiger partial charge in [-0.1, -0.05) is 177 Å². The summed E-state index contributed by atoms with van der Waals surface area (Å²) < 4.78 is 0. The number of amides is 2. The molecule has 4 heteroatoms. The van der Waals surface area contributed by atoms with Gasteiger partial charge in [-0.2, -0.15) is 0 Å². The zero-order valence-electron chi connectivity index (χ0n) is 36.2. The van der Waals surface area contributed by atoms with Crippen molar-refractivity contribution in [1.82, 2.24) is 9.88 Å². The van der Waals surface area contributed by atoms with Gasteiger partial charge >= 0.3 is 0 Å². The molecular formula is C56H62N2O2. The molecule has 0 saturated heterocycles. The van der Waals surface area contributed by atoms with Crippen LogP contribution >= 0.6 is 0 Å². The Morgan fingerprint density at radius 2 is 1.00 bits per heavy atom. The molecule has 308 valence electrons. The summed E-state index contributed by atoms with van der Waals surface area (Å²) in [6.07, 6.45) is 21.1. The van der Waals surface area contributed by atoms with Gasteiger partial charge in [-0.05, 0) is 106 Å². The van der Waals surface area contributed by atoms with E-state index in [0.717, 1.165) is 58.8 Å². The second-order valence-corrected chi connectivity index (χ2v) is 17.4. The first-order valence-electron chi connectivity index (χ1n) is 23.2. The topological polar surface area (TPSA) is 50.3 Å². The highest BCUT2D eigenvalue weighted by Crippen LogP contribution is 2.56. The predicted molar refractivity (Wildman–Crippen MR) is 251 cm³/mol. The Morgan fingerprint density at radius 3 is 1.63 bits per heavy atom. The summed E-state index contributed by atoms with van der Waals surface area (Å²) in [7, 11) is 0. The fraction of sp³-hybridized carbons (Fsp3) is 0.375. The number of carbonyl (C=O) groups is 2. The SMILES string of the molecule is CCCCCCCCC1(CCCCCCCC)c2cc(-c3ccc(-c4ccccn4)cc3)ccc2-c2ccc(-c3ccc4c5c(cccc35)C(=O)N(CCCC)C4=O)cc21. The molecule has 1 aliphatic heterocycles. The van der Waals surface area contributed by atoms with Crippen LogP contribution in [0.15, 0.2) is 115 Å². The molecule has 0 N–H and O–H groups in total. The lowest BCUT2D eigenvalue weighted by molar-refractivity contribution is 0.0608. The number of hydrogen-bond acceptors (Lipinski definition) is 3. The van der Waals surface area contributed by atoms with Crippen molar-refractivity contribution < 1.29 is 9.59 Å². The minimum absolute atomic E-state index is 0.113. The van der Waals surface area contributed by atoms with Gasteiger partial charge < -0.3 is 0 Å². The smallest absolute Gasteiger partial charge is 0.261 e. The number of nitrogens with zero attached hydrogens (tertiary/aromatic N) is 2. The van der Waals surface area contributed by atoms with Crippen molar-refractivity contribution in [2.24, 2.45) is 0 Å². The summed E-state index contributed by atoms with van der Waals surface area (Å²) in [5.74, 6) is -0.348. The van der Waals surface area contributed by atoms with Crippen molar-refractivity contribution >= 4 is 22.6 Å². The highest BCUT2D eigenvalue weighted by atomic mass is 16.2. The van der Waals surface area contributed by atoms with Crippen molar-refractivity contribution in [3.63, 3.8) is 0 Å². The van der Waals surface area contributed by atoms with E-state index in [0.29, 0.717) is 17.7 Å². The molecule has 0 unspecified atom stereocenters. The van der Waals surface area contributed by atoms with E-state index in [1.807, 2.05) is 36.5 Å². The first kappa shape index (κ1) is 41.4. The summed E-state index contributed by atoms with van der Waals surface area (Å²) in [5, 5.41) is 1.77. The van der Waals surface area contributed by atoms with Crippen molar-refractivity contribution in [2.75, 3.05) is 6.54 Å². The molecule has 2 heterocycles. The first-order valence-corrected chi connectivity index (χ1v) is 23.2. The minimum atomic E-state index is -0.174. The van der Waals surface area contributed by atoms with E-state index in [9.17, 15) is 9.59 Å². The van der Waals surface area contributed by atoms with Gasteiger partial charge in [-0.15, -0.1) is 0 Å². The molecule has 0 saturated carbocycles. The molecule has 4 nitrogen and oxygen atoms in total. The average molecular weight is 795 g/mol. The lowest BCUT2D eigenvalue weighted by Crippen LogP contribution is -2.40. The molecule has 2 amide bonds. The molecule has 0 spiro atoms. The van der Waals surface area contributed by atoms with Crippen LogP contribution in [-0.4, -0.2) is 28.2 Å². The first-order chi connectivity index (χ1) is 29.5. The quantitative estimate of drug-likeness (QED) is 0.0571. The fourth-order valence-corrected chi connectivity index (χ4v) is 10.2. The number of carbonyl (C=O) groups excluding carboxylic acids is 2. The summed E-state index contributed by atoms with van der Waals surface area (Å²) in [6.45, 7) is 7.14. The molecule has 1 aromatic heterocycles. The highest BCUT2D eigenvalue weighted by Gasteiger charge is 2.43.